The van der Waals surface area contributed by atoms with E-state index >= 15 is 0 Å². The first-order chi connectivity index (χ1) is 10.6. The van der Waals surface area contributed by atoms with Gasteiger partial charge in [0.1, 0.15) is 4.99 Å². The highest BCUT2D eigenvalue weighted by atomic mass is 32.2. The summed E-state index contributed by atoms with van der Waals surface area (Å²) in [5.41, 5.74) is 1.01. The van der Waals surface area contributed by atoms with Crippen LogP contribution in [0.4, 0.5) is 4.79 Å². The average Bonchev–Trinajstić information content (AvgIpc) is 2.76. The molecule has 2 rings (SSSR count). The third-order valence-corrected chi connectivity index (χ3v) is 4.53. The summed E-state index contributed by atoms with van der Waals surface area (Å²) in [5.74, 6) is -0.243. The van der Waals surface area contributed by atoms with Gasteiger partial charge >= 0.3 is 5.97 Å². The zero-order chi connectivity index (χ0) is 15.9. The number of thiocarbonyl (C=S) groups is 1. The highest BCUT2D eigenvalue weighted by molar-refractivity contribution is 8.19. The van der Waals surface area contributed by atoms with Gasteiger partial charge in [0, 0.05) is 13.0 Å². The van der Waals surface area contributed by atoms with Crippen molar-refractivity contribution in [2.45, 2.75) is 19.8 Å². The molecule has 0 unspecified atom stereocenters. The first-order valence-corrected chi connectivity index (χ1v) is 8.30. The third kappa shape index (κ3) is 4.42. The van der Waals surface area contributed by atoms with E-state index in [4.69, 9.17) is 17.0 Å². The van der Waals surface area contributed by atoms with Gasteiger partial charge in [0.25, 0.3) is 5.24 Å². The number of amides is 1. The topological polar surface area (TPSA) is 46.6 Å². The zero-order valence-electron chi connectivity index (χ0n) is 12.3. The smallest absolute Gasteiger partial charge is 0.305 e. The lowest BCUT2D eigenvalue weighted by molar-refractivity contribution is -0.143. The van der Waals surface area contributed by atoms with Crippen molar-refractivity contribution in [2.24, 2.45) is 0 Å². The van der Waals surface area contributed by atoms with Gasteiger partial charge in [-0.15, -0.1) is 0 Å². The molecule has 4 nitrogen and oxygen atoms in total. The molecule has 0 radical (unpaired) electrons. The molecule has 1 amide bonds. The van der Waals surface area contributed by atoms with Crippen LogP contribution in [0, 0.1) is 0 Å². The van der Waals surface area contributed by atoms with Crippen molar-refractivity contribution in [3.8, 4) is 0 Å². The van der Waals surface area contributed by atoms with Crippen LogP contribution in [-0.2, 0) is 9.53 Å². The van der Waals surface area contributed by atoms with E-state index in [2.05, 4.69) is 0 Å². The Morgan fingerprint density at radius 3 is 2.77 bits per heavy atom. The normalized spacial score (nSPS) is 16.4. The molecule has 0 saturated carbocycles. The number of carbonyl (C=O) groups is 2. The third-order valence-electron chi connectivity index (χ3n) is 3.04. The average molecular weight is 335 g/mol. The number of thioether (sulfide) groups is 1. The summed E-state index contributed by atoms with van der Waals surface area (Å²) < 4.78 is 4.87. The molecule has 1 aromatic rings. The fourth-order valence-electron chi connectivity index (χ4n) is 2.01. The van der Waals surface area contributed by atoms with E-state index < -0.39 is 0 Å². The summed E-state index contributed by atoms with van der Waals surface area (Å²) in [5, 5.41) is -0.0870. The van der Waals surface area contributed by atoms with Crippen molar-refractivity contribution in [1.82, 2.24) is 4.90 Å². The maximum Gasteiger partial charge on any atom is 0.305 e. The molecule has 1 saturated heterocycles. The van der Waals surface area contributed by atoms with Crippen LogP contribution in [0.3, 0.4) is 0 Å². The molecular formula is C16H17NO3S2. The number of rotatable bonds is 6. The van der Waals surface area contributed by atoms with E-state index in [0.29, 0.717) is 31.0 Å². The summed E-state index contributed by atoms with van der Waals surface area (Å²) in [6.07, 6.45) is 2.75. The number of carbonyl (C=O) groups excluding carboxylic acids is 2. The lowest BCUT2D eigenvalue weighted by atomic mass is 10.2. The highest BCUT2D eigenvalue weighted by Gasteiger charge is 2.31. The van der Waals surface area contributed by atoms with Crippen LogP contribution in [0.1, 0.15) is 25.3 Å². The quantitative estimate of drug-likeness (QED) is 0.449. The maximum atomic E-state index is 12.0. The van der Waals surface area contributed by atoms with Crippen molar-refractivity contribution in [3.05, 3.63) is 40.8 Å². The molecule has 1 aliphatic heterocycles. The van der Waals surface area contributed by atoms with Gasteiger partial charge in [-0.25, -0.2) is 0 Å². The number of hydrogen-bond acceptors (Lipinski definition) is 5. The van der Waals surface area contributed by atoms with Gasteiger partial charge in [-0.2, -0.15) is 0 Å². The molecule has 116 valence electrons. The lowest BCUT2D eigenvalue weighted by Crippen LogP contribution is -2.28. The van der Waals surface area contributed by atoms with Gasteiger partial charge in [-0.3, -0.25) is 14.5 Å². The Hall–Kier alpha value is -1.66. The van der Waals surface area contributed by atoms with Gasteiger partial charge < -0.3 is 4.74 Å². The summed E-state index contributed by atoms with van der Waals surface area (Å²) in [7, 11) is 0. The molecule has 0 N–H and O–H groups in total. The number of ether oxygens (including phenoxy) is 1. The van der Waals surface area contributed by atoms with Crippen molar-refractivity contribution in [3.63, 3.8) is 0 Å². The number of hydrogen-bond donors (Lipinski definition) is 0. The Kier molecular flexibility index (Phi) is 6.15. The monoisotopic (exact) mass is 335 g/mol. The zero-order valence-corrected chi connectivity index (χ0v) is 13.9. The molecule has 0 aromatic heterocycles. The minimum absolute atomic E-state index is 0.0870. The van der Waals surface area contributed by atoms with E-state index in [0.717, 1.165) is 22.2 Å². The second-order valence-electron chi connectivity index (χ2n) is 4.65. The van der Waals surface area contributed by atoms with Gasteiger partial charge in [0.2, 0.25) is 0 Å². The Balaban J connectivity index is 1.94. The van der Waals surface area contributed by atoms with E-state index in [9.17, 15) is 9.59 Å². The Labute approximate surface area is 139 Å². The Morgan fingerprint density at radius 2 is 2.09 bits per heavy atom. The second kappa shape index (κ2) is 8.10. The van der Waals surface area contributed by atoms with Crippen molar-refractivity contribution in [2.75, 3.05) is 13.2 Å². The molecule has 0 bridgehead atoms. The first-order valence-electron chi connectivity index (χ1n) is 7.08. The molecule has 6 heteroatoms. The summed E-state index contributed by atoms with van der Waals surface area (Å²) in [4.78, 5) is 26.2. The van der Waals surface area contributed by atoms with Crippen LogP contribution in [0.2, 0.25) is 0 Å². The molecule has 1 fully saturated rings. The maximum absolute atomic E-state index is 12.0. The van der Waals surface area contributed by atoms with E-state index in [1.807, 2.05) is 36.4 Å². The molecule has 0 atom stereocenters. The van der Waals surface area contributed by atoms with Crippen molar-refractivity contribution >= 4 is 46.3 Å². The van der Waals surface area contributed by atoms with Gasteiger partial charge in [-0.05, 0) is 36.7 Å². The van der Waals surface area contributed by atoms with Crippen LogP contribution in [-0.4, -0.2) is 34.2 Å². The fourth-order valence-corrected chi connectivity index (χ4v) is 3.30. The molecule has 1 aromatic carbocycles. The van der Waals surface area contributed by atoms with Crippen molar-refractivity contribution in [1.29, 1.82) is 0 Å². The molecular weight excluding hydrogens is 318 g/mol. The molecule has 1 aliphatic rings. The predicted molar refractivity (Wildman–Crippen MR) is 92.6 cm³/mol. The largest absolute Gasteiger partial charge is 0.466 e. The van der Waals surface area contributed by atoms with Gasteiger partial charge in [0.15, 0.2) is 0 Å². The minimum Gasteiger partial charge on any atom is -0.466 e. The molecule has 0 spiro atoms. The van der Waals surface area contributed by atoms with Gasteiger partial charge in [-0.1, -0.05) is 42.5 Å². The number of benzene rings is 1. The van der Waals surface area contributed by atoms with E-state index in [-0.39, 0.29) is 11.2 Å². The summed E-state index contributed by atoms with van der Waals surface area (Å²) >= 11 is 6.50. The van der Waals surface area contributed by atoms with Crippen LogP contribution >= 0.6 is 24.0 Å². The predicted octanol–water partition coefficient (Wildman–Crippen LogP) is 3.87. The fraction of sp³-hybridized carbons (Fsp3) is 0.312. The highest BCUT2D eigenvalue weighted by Crippen LogP contribution is 2.33. The Morgan fingerprint density at radius 1 is 1.36 bits per heavy atom. The van der Waals surface area contributed by atoms with Gasteiger partial charge in [0.05, 0.1) is 11.5 Å². The number of esters is 1. The summed E-state index contributed by atoms with van der Waals surface area (Å²) in [6, 6.07) is 9.74. The Bertz CT molecular complexity index is 599. The van der Waals surface area contributed by atoms with Crippen LogP contribution in [0.5, 0.6) is 0 Å². The second-order valence-corrected chi connectivity index (χ2v) is 6.03. The van der Waals surface area contributed by atoms with Crippen LogP contribution < -0.4 is 0 Å². The lowest BCUT2D eigenvalue weighted by Gasteiger charge is -2.14. The SMILES string of the molecule is CCOC(=O)CCCN1C(=O)SC(=Cc2ccccc2)C1=S. The number of nitrogens with zero attached hydrogens (tertiary/aromatic N) is 1. The van der Waals surface area contributed by atoms with Crippen molar-refractivity contribution < 1.29 is 14.3 Å². The minimum atomic E-state index is -0.243. The van der Waals surface area contributed by atoms with Crippen LogP contribution in [0.15, 0.2) is 35.2 Å². The first kappa shape index (κ1) is 16.7. The van der Waals surface area contributed by atoms with E-state index in [1.165, 1.54) is 0 Å². The summed E-state index contributed by atoms with van der Waals surface area (Å²) in [6.45, 7) is 2.59. The molecule has 22 heavy (non-hydrogen) atoms. The standard InChI is InChI=1S/C16H17NO3S2/c1-2-20-14(18)9-6-10-17-15(21)13(22-16(17)19)11-12-7-4-3-5-8-12/h3-5,7-8,11H,2,6,9-10H2,1H3. The van der Waals surface area contributed by atoms with Crippen LogP contribution in [0.25, 0.3) is 6.08 Å². The van der Waals surface area contributed by atoms with E-state index in [1.54, 1.807) is 11.8 Å². The molecule has 1 heterocycles. The molecule has 0 aliphatic carbocycles.